The average molecular weight is 563 g/mol. The Hall–Kier alpha value is -3.46. The highest BCUT2D eigenvalue weighted by Crippen LogP contribution is 2.32. The summed E-state index contributed by atoms with van der Waals surface area (Å²) in [4.78, 5) is 15.7. The van der Waals surface area contributed by atoms with E-state index in [0.29, 0.717) is 23.4 Å². The molecule has 0 spiro atoms. The summed E-state index contributed by atoms with van der Waals surface area (Å²) >= 11 is 0. The van der Waals surface area contributed by atoms with Gasteiger partial charge >= 0.3 is 0 Å². The zero-order chi connectivity index (χ0) is 28.5. The number of hydrogen-bond acceptors (Lipinski definition) is 6. The van der Waals surface area contributed by atoms with E-state index in [1.54, 1.807) is 12.1 Å². The topological polar surface area (TPSA) is 84.9 Å². The van der Waals surface area contributed by atoms with Gasteiger partial charge < -0.3 is 19.7 Å². The number of nitrogens with zero attached hydrogens (tertiary/aromatic N) is 1. The third-order valence-corrected chi connectivity index (χ3v) is 8.59. The van der Waals surface area contributed by atoms with E-state index in [-0.39, 0.29) is 23.0 Å². The van der Waals surface area contributed by atoms with E-state index in [4.69, 9.17) is 9.47 Å². The van der Waals surface area contributed by atoms with Crippen LogP contribution >= 0.6 is 0 Å². The van der Waals surface area contributed by atoms with Crippen molar-refractivity contribution in [2.75, 3.05) is 44.5 Å². The van der Waals surface area contributed by atoms with Crippen molar-refractivity contribution >= 4 is 27.5 Å². The minimum Gasteiger partial charge on any atom is -0.494 e. The lowest BCUT2D eigenvalue weighted by atomic mass is 10.0. The normalized spacial score (nSPS) is 14.2. The first-order valence-electron chi connectivity index (χ1n) is 13.8. The zero-order valence-electron chi connectivity index (χ0n) is 23.5. The average Bonchev–Trinajstić information content (AvgIpc) is 3.08. The lowest BCUT2D eigenvalue weighted by Gasteiger charge is -2.17. The molecule has 0 aliphatic carbocycles. The summed E-state index contributed by atoms with van der Waals surface area (Å²) in [6.07, 6.45) is 2.83. The molecule has 40 heavy (non-hydrogen) atoms. The summed E-state index contributed by atoms with van der Waals surface area (Å²) in [6, 6.07) is 20.7. The molecule has 1 heterocycles. The van der Waals surface area contributed by atoms with E-state index in [1.165, 1.54) is 0 Å². The van der Waals surface area contributed by atoms with E-state index < -0.39 is 9.84 Å². The Kier molecular flexibility index (Phi) is 10.1. The second-order valence-electron chi connectivity index (χ2n) is 9.89. The molecule has 8 heteroatoms. The van der Waals surface area contributed by atoms with Gasteiger partial charge in [-0.15, -0.1) is 0 Å². The van der Waals surface area contributed by atoms with E-state index in [1.807, 2.05) is 74.5 Å². The number of hydrogen-bond donors (Lipinski definition) is 1. The Labute approximate surface area is 237 Å². The summed E-state index contributed by atoms with van der Waals surface area (Å²) in [5.41, 5.74) is 4.58. The van der Waals surface area contributed by atoms with Gasteiger partial charge in [0.1, 0.15) is 5.75 Å². The van der Waals surface area contributed by atoms with Crippen LogP contribution in [-0.2, 0) is 25.9 Å². The molecule has 1 aliphatic rings. The van der Waals surface area contributed by atoms with Crippen molar-refractivity contribution in [1.82, 2.24) is 4.90 Å². The molecule has 0 atom stereocenters. The first-order chi connectivity index (χ1) is 19.3. The van der Waals surface area contributed by atoms with Crippen molar-refractivity contribution in [3.8, 4) is 16.9 Å². The predicted octanol–water partition coefficient (Wildman–Crippen LogP) is 5.81. The number of amides is 1. The predicted molar refractivity (Wildman–Crippen MR) is 160 cm³/mol. The number of fused-ring (bicyclic) bond motifs is 1. The van der Waals surface area contributed by atoms with Crippen LogP contribution in [0.2, 0.25) is 0 Å². The Morgan fingerprint density at radius 2 is 1.68 bits per heavy atom. The fourth-order valence-corrected chi connectivity index (χ4v) is 6.16. The molecule has 4 rings (SSSR count). The molecule has 0 saturated heterocycles. The van der Waals surface area contributed by atoms with Gasteiger partial charge in [0.25, 0.3) is 5.91 Å². The Morgan fingerprint density at radius 1 is 0.950 bits per heavy atom. The molecule has 7 nitrogen and oxygen atoms in total. The number of ether oxygens (including phenoxy) is 2. The third-order valence-electron chi connectivity index (χ3n) is 6.80. The number of nitrogens with one attached hydrogen (secondary N) is 1. The smallest absolute Gasteiger partial charge is 0.251 e. The Balaban J connectivity index is 1.47. The summed E-state index contributed by atoms with van der Waals surface area (Å²) in [5, 5.41) is 2.94. The van der Waals surface area contributed by atoms with Gasteiger partial charge in [0, 0.05) is 37.6 Å². The molecule has 0 radical (unpaired) electrons. The standard InChI is InChI=1S/C32H38N2O5S/c1-4-38-19-6-18-34(3)23-24-7-12-29(13-8-24)33-32(35)27-17-20-40(36,37)31-16-11-26(21-28(31)22-27)25-9-14-30(15-10-25)39-5-2/h7-16,21-22H,4-6,17-20,23H2,1-3H3,(H,33,35). The van der Waals surface area contributed by atoms with Gasteiger partial charge in [-0.2, -0.15) is 0 Å². The van der Waals surface area contributed by atoms with Gasteiger partial charge in [-0.05, 0) is 98.5 Å². The number of rotatable bonds is 12. The van der Waals surface area contributed by atoms with Crippen LogP contribution in [-0.4, -0.2) is 58.4 Å². The van der Waals surface area contributed by atoms with Crippen LogP contribution in [0.25, 0.3) is 17.2 Å². The molecule has 3 aromatic carbocycles. The van der Waals surface area contributed by atoms with Crippen molar-refractivity contribution < 1.29 is 22.7 Å². The monoisotopic (exact) mass is 562 g/mol. The lowest BCUT2D eigenvalue weighted by Crippen LogP contribution is -2.20. The van der Waals surface area contributed by atoms with E-state index in [0.717, 1.165) is 55.2 Å². The molecule has 1 N–H and O–H groups in total. The summed E-state index contributed by atoms with van der Waals surface area (Å²) < 4.78 is 37.0. The molecule has 1 aliphatic heterocycles. The molecular weight excluding hydrogens is 524 g/mol. The molecule has 3 aromatic rings. The van der Waals surface area contributed by atoms with Crippen LogP contribution in [0.1, 0.15) is 37.8 Å². The van der Waals surface area contributed by atoms with Crippen molar-refractivity contribution in [3.63, 3.8) is 0 Å². The molecule has 0 unspecified atom stereocenters. The highest BCUT2D eigenvalue weighted by atomic mass is 32.2. The first-order valence-corrected chi connectivity index (χ1v) is 15.4. The van der Waals surface area contributed by atoms with E-state index in [9.17, 15) is 13.2 Å². The van der Waals surface area contributed by atoms with Crippen LogP contribution in [0.3, 0.4) is 0 Å². The van der Waals surface area contributed by atoms with Gasteiger partial charge in [-0.25, -0.2) is 8.42 Å². The largest absolute Gasteiger partial charge is 0.494 e. The van der Waals surface area contributed by atoms with Crippen molar-refractivity contribution in [1.29, 1.82) is 0 Å². The molecule has 212 valence electrons. The highest BCUT2D eigenvalue weighted by Gasteiger charge is 2.25. The maximum absolute atomic E-state index is 13.2. The van der Waals surface area contributed by atoms with Gasteiger partial charge in [0.2, 0.25) is 0 Å². The summed E-state index contributed by atoms with van der Waals surface area (Å²) in [5.74, 6) is 0.367. The summed E-state index contributed by atoms with van der Waals surface area (Å²) in [7, 11) is -1.45. The van der Waals surface area contributed by atoms with Gasteiger partial charge in [-0.3, -0.25) is 4.79 Å². The van der Waals surface area contributed by atoms with Gasteiger partial charge in [0.15, 0.2) is 9.84 Å². The van der Waals surface area contributed by atoms with Crippen LogP contribution in [0.5, 0.6) is 5.75 Å². The molecule has 0 bridgehead atoms. The van der Waals surface area contributed by atoms with E-state index >= 15 is 0 Å². The minimum atomic E-state index is -3.52. The fraction of sp³-hybridized carbons (Fsp3) is 0.344. The van der Waals surface area contributed by atoms with Crippen molar-refractivity contribution in [3.05, 3.63) is 83.4 Å². The van der Waals surface area contributed by atoms with Crippen LogP contribution in [0, 0.1) is 0 Å². The van der Waals surface area contributed by atoms with Crippen LogP contribution in [0.15, 0.2) is 77.2 Å². The number of carbonyl (C=O) groups excluding carboxylic acids is 1. The molecular formula is C32H38N2O5S. The number of benzene rings is 3. The highest BCUT2D eigenvalue weighted by molar-refractivity contribution is 7.91. The maximum atomic E-state index is 13.2. The first kappa shape index (κ1) is 29.5. The lowest BCUT2D eigenvalue weighted by molar-refractivity contribution is -0.112. The molecule has 0 saturated carbocycles. The Morgan fingerprint density at radius 3 is 2.38 bits per heavy atom. The molecule has 1 amide bonds. The number of carbonyl (C=O) groups is 1. The van der Waals surface area contributed by atoms with E-state index in [2.05, 4.69) is 17.3 Å². The minimum absolute atomic E-state index is 0.115. The van der Waals surface area contributed by atoms with Crippen LogP contribution in [0.4, 0.5) is 5.69 Å². The van der Waals surface area contributed by atoms with Crippen LogP contribution < -0.4 is 10.1 Å². The summed E-state index contributed by atoms with van der Waals surface area (Å²) in [6.45, 7) is 7.76. The van der Waals surface area contributed by atoms with Gasteiger partial charge in [-0.1, -0.05) is 30.3 Å². The number of sulfone groups is 1. The second kappa shape index (κ2) is 13.7. The van der Waals surface area contributed by atoms with Crippen molar-refractivity contribution in [2.24, 2.45) is 0 Å². The van der Waals surface area contributed by atoms with Gasteiger partial charge in [0.05, 0.1) is 17.3 Å². The zero-order valence-corrected chi connectivity index (χ0v) is 24.3. The quantitative estimate of drug-likeness (QED) is 0.281. The third kappa shape index (κ3) is 7.81. The fourth-order valence-electron chi connectivity index (χ4n) is 4.70. The second-order valence-corrected chi connectivity index (χ2v) is 12.0. The maximum Gasteiger partial charge on any atom is 0.251 e. The number of anilines is 1. The molecule has 0 fully saturated rings. The molecule has 0 aromatic heterocycles. The Bertz CT molecular complexity index is 1430. The van der Waals surface area contributed by atoms with Crippen molar-refractivity contribution in [2.45, 2.75) is 38.1 Å². The SMILES string of the molecule is CCOCCCN(C)Cc1ccc(NC(=O)C2=Cc3cc(-c4ccc(OCC)cc4)ccc3S(=O)(=O)CC2)cc1.